The molecule has 3 N–H and O–H groups in total. The van der Waals surface area contributed by atoms with E-state index >= 15 is 0 Å². The number of ether oxygens (including phenoxy) is 1. The fourth-order valence-electron chi connectivity index (χ4n) is 1.92. The van der Waals surface area contributed by atoms with E-state index < -0.39 is 0 Å². The SMILES string of the molecule is Nc1nnnn1NCc1ccc(OCc2ccccc2)cc1. The number of tetrazole rings is 1. The highest BCUT2D eigenvalue weighted by Gasteiger charge is 2.01. The number of benzene rings is 2. The maximum Gasteiger partial charge on any atom is 0.260 e. The van der Waals surface area contributed by atoms with Crippen molar-refractivity contribution in [1.29, 1.82) is 0 Å². The summed E-state index contributed by atoms with van der Waals surface area (Å²) in [6.45, 7) is 1.12. The highest BCUT2D eigenvalue weighted by atomic mass is 16.5. The van der Waals surface area contributed by atoms with Crippen LogP contribution in [0.2, 0.25) is 0 Å². The molecule has 112 valence electrons. The maximum atomic E-state index is 5.74. The number of hydrogen-bond acceptors (Lipinski definition) is 6. The lowest BCUT2D eigenvalue weighted by molar-refractivity contribution is 0.306. The number of nitrogen functional groups attached to an aromatic ring is 1. The van der Waals surface area contributed by atoms with Crippen molar-refractivity contribution in [3.8, 4) is 5.75 Å². The Bertz CT molecular complexity index is 710. The van der Waals surface area contributed by atoms with Gasteiger partial charge in [0, 0.05) is 0 Å². The lowest BCUT2D eigenvalue weighted by Gasteiger charge is -2.08. The van der Waals surface area contributed by atoms with E-state index in [1.54, 1.807) is 0 Å². The minimum Gasteiger partial charge on any atom is -0.489 e. The lowest BCUT2D eigenvalue weighted by Crippen LogP contribution is -2.18. The van der Waals surface area contributed by atoms with Gasteiger partial charge in [-0.25, -0.2) is 0 Å². The fraction of sp³-hybridized carbons (Fsp3) is 0.133. The summed E-state index contributed by atoms with van der Waals surface area (Å²) in [6.07, 6.45) is 0. The molecule has 0 aliphatic rings. The number of nitrogens with zero attached hydrogens (tertiary/aromatic N) is 4. The topological polar surface area (TPSA) is 90.9 Å². The van der Waals surface area contributed by atoms with Crippen LogP contribution in [0.1, 0.15) is 11.1 Å². The first-order valence-electron chi connectivity index (χ1n) is 6.85. The molecule has 0 saturated heterocycles. The predicted molar refractivity (Wildman–Crippen MR) is 82.5 cm³/mol. The fourth-order valence-corrected chi connectivity index (χ4v) is 1.92. The molecule has 3 aromatic rings. The van der Waals surface area contributed by atoms with E-state index in [0.717, 1.165) is 16.9 Å². The molecule has 2 aromatic carbocycles. The van der Waals surface area contributed by atoms with E-state index in [1.165, 1.54) is 4.79 Å². The average molecular weight is 296 g/mol. The lowest BCUT2D eigenvalue weighted by atomic mass is 10.2. The van der Waals surface area contributed by atoms with Crippen molar-refractivity contribution in [3.05, 3.63) is 65.7 Å². The number of hydrogen-bond donors (Lipinski definition) is 2. The molecule has 0 spiro atoms. The summed E-state index contributed by atoms with van der Waals surface area (Å²) in [4.78, 5) is 1.33. The first-order chi connectivity index (χ1) is 10.8. The second-order valence-corrected chi connectivity index (χ2v) is 4.70. The van der Waals surface area contributed by atoms with Gasteiger partial charge in [-0.1, -0.05) is 47.6 Å². The molecule has 1 aromatic heterocycles. The van der Waals surface area contributed by atoms with Crippen LogP contribution in [0.15, 0.2) is 54.6 Å². The molecule has 0 radical (unpaired) electrons. The third-order valence-electron chi connectivity index (χ3n) is 3.10. The van der Waals surface area contributed by atoms with Crippen LogP contribution in [-0.4, -0.2) is 20.3 Å². The van der Waals surface area contributed by atoms with Crippen molar-refractivity contribution in [2.75, 3.05) is 11.2 Å². The molecule has 0 atom stereocenters. The van der Waals surface area contributed by atoms with Crippen LogP contribution in [0, 0.1) is 0 Å². The van der Waals surface area contributed by atoms with E-state index in [2.05, 4.69) is 21.0 Å². The van der Waals surface area contributed by atoms with Gasteiger partial charge in [-0.15, -0.1) is 4.79 Å². The molecule has 0 saturated carbocycles. The van der Waals surface area contributed by atoms with Crippen LogP contribution < -0.4 is 15.9 Å². The largest absolute Gasteiger partial charge is 0.489 e. The Kier molecular flexibility index (Phi) is 4.15. The summed E-state index contributed by atoms with van der Waals surface area (Å²) < 4.78 is 5.74. The number of nitrogens with two attached hydrogens (primary N) is 1. The summed E-state index contributed by atoms with van der Waals surface area (Å²) in [5.41, 5.74) is 10.8. The molecule has 0 aliphatic carbocycles. The van der Waals surface area contributed by atoms with Crippen LogP contribution in [0.25, 0.3) is 0 Å². The van der Waals surface area contributed by atoms with E-state index in [-0.39, 0.29) is 5.95 Å². The standard InChI is InChI=1S/C15H16N6O/c16-15-18-19-20-21(15)17-10-12-6-8-14(9-7-12)22-11-13-4-2-1-3-5-13/h1-9,17H,10-11H2,(H2,16,18,20). The van der Waals surface area contributed by atoms with Crippen LogP contribution in [-0.2, 0) is 13.2 Å². The van der Waals surface area contributed by atoms with Gasteiger partial charge in [0.15, 0.2) is 0 Å². The highest BCUT2D eigenvalue weighted by Crippen LogP contribution is 2.14. The van der Waals surface area contributed by atoms with E-state index in [9.17, 15) is 0 Å². The van der Waals surface area contributed by atoms with Crippen molar-refractivity contribution in [2.24, 2.45) is 0 Å². The molecule has 0 fully saturated rings. The smallest absolute Gasteiger partial charge is 0.260 e. The zero-order valence-electron chi connectivity index (χ0n) is 11.9. The molecule has 22 heavy (non-hydrogen) atoms. The minimum atomic E-state index is 0.225. The van der Waals surface area contributed by atoms with Crippen LogP contribution >= 0.6 is 0 Å². The molecular formula is C15H16N6O. The zero-order valence-corrected chi connectivity index (χ0v) is 11.9. The molecule has 1 heterocycles. The van der Waals surface area contributed by atoms with Gasteiger partial charge in [0.05, 0.1) is 6.54 Å². The van der Waals surface area contributed by atoms with Gasteiger partial charge in [0.25, 0.3) is 5.95 Å². The first-order valence-corrected chi connectivity index (χ1v) is 6.85. The summed E-state index contributed by atoms with van der Waals surface area (Å²) >= 11 is 0. The van der Waals surface area contributed by atoms with Gasteiger partial charge in [-0.3, -0.25) is 0 Å². The number of anilines is 1. The molecule has 0 bridgehead atoms. The van der Waals surface area contributed by atoms with Crippen molar-refractivity contribution in [3.63, 3.8) is 0 Å². The average Bonchev–Trinajstić information content (AvgIpc) is 2.98. The second-order valence-electron chi connectivity index (χ2n) is 4.70. The van der Waals surface area contributed by atoms with E-state index in [4.69, 9.17) is 10.5 Å². The Morgan fingerprint density at radius 3 is 2.45 bits per heavy atom. The Balaban J connectivity index is 1.53. The Morgan fingerprint density at radius 1 is 1.00 bits per heavy atom. The molecule has 7 heteroatoms. The molecule has 7 nitrogen and oxygen atoms in total. The van der Waals surface area contributed by atoms with E-state index in [1.807, 2.05) is 54.6 Å². The maximum absolute atomic E-state index is 5.74. The summed E-state index contributed by atoms with van der Waals surface area (Å²) in [5, 5.41) is 10.8. The molecule has 3 rings (SSSR count). The quantitative estimate of drug-likeness (QED) is 0.717. The van der Waals surface area contributed by atoms with E-state index in [0.29, 0.717) is 13.2 Å². The van der Waals surface area contributed by atoms with Crippen LogP contribution in [0.5, 0.6) is 5.75 Å². The molecule has 0 aliphatic heterocycles. The Hall–Kier alpha value is -3.09. The number of aromatic nitrogens is 4. The molecule has 0 unspecified atom stereocenters. The summed E-state index contributed by atoms with van der Waals surface area (Å²) in [6, 6.07) is 17.9. The van der Waals surface area contributed by atoms with Gasteiger partial charge in [-0.2, -0.15) is 0 Å². The van der Waals surface area contributed by atoms with Crippen molar-refractivity contribution >= 4 is 5.95 Å². The van der Waals surface area contributed by atoms with Crippen molar-refractivity contribution in [1.82, 2.24) is 20.3 Å². The van der Waals surface area contributed by atoms with Crippen molar-refractivity contribution < 1.29 is 4.74 Å². The number of rotatable bonds is 6. The van der Waals surface area contributed by atoms with Crippen LogP contribution in [0.4, 0.5) is 5.95 Å². The molecule has 0 amide bonds. The third kappa shape index (κ3) is 3.51. The predicted octanol–water partition coefficient (Wildman–Crippen LogP) is 1.58. The van der Waals surface area contributed by atoms with Gasteiger partial charge in [-0.05, 0) is 33.7 Å². The van der Waals surface area contributed by atoms with Crippen LogP contribution in [0.3, 0.4) is 0 Å². The zero-order chi connectivity index (χ0) is 15.2. The van der Waals surface area contributed by atoms with Gasteiger partial charge < -0.3 is 15.9 Å². The second kappa shape index (κ2) is 6.57. The summed E-state index contributed by atoms with van der Waals surface area (Å²) in [7, 11) is 0. The Morgan fingerprint density at radius 2 is 1.77 bits per heavy atom. The Labute approximate surface area is 127 Å². The monoisotopic (exact) mass is 296 g/mol. The molecular weight excluding hydrogens is 280 g/mol. The van der Waals surface area contributed by atoms with Gasteiger partial charge in [0.2, 0.25) is 0 Å². The normalized spacial score (nSPS) is 10.4. The minimum absolute atomic E-state index is 0.225. The highest BCUT2D eigenvalue weighted by molar-refractivity contribution is 5.28. The first kappa shape index (κ1) is 13.9. The van der Waals surface area contributed by atoms with Crippen molar-refractivity contribution in [2.45, 2.75) is 13.2 Å². The third-order valence-corrected chi connectivity index (χ3v) is 3.10. The van der Waals surface area contributed by atoms with Gasteiger partial charge in [0.1, 0.15) is 12.4 Å². The summed E-state index contributed by atoms with van der Waals surface area (Å²) in [5.74, 6) is 1.05. The number of nitrogens with one attached hydrogen (secondary N) is 1. The van der Waals surface area contributed by atoms with Gasteiger partial charge >= 0.3 is 0 Å².